The standard InChI is InChI=1S/C24H28N6O2/c1-16-19(20(28-27-16)17-7-5-4-6-8-17)22(31)30-12-10-24(11-13-30)21-18(9-14-32-24)15-25-23(26-21)29(2)3/h4-8,15H,9-14H2,1-3H3,(H,27,28). The van der Waals surface area contributed by atoms with Crippen LogP contribution in [0.1, 0.15) is 40.2 Å². The molecule has 0 atom stereocenters. The lowest BCUT2D eigenvalue weighted by atomic mass is 9.83. The summed E-state index contributed by atoms with van der Waals surface area (Å²) in [5, 5.41) is 7.42. The molecule has 0 bridgehead atoms. The molecule has 1 fully saturated rings. The molecule has 1 amide bonds. The summed E-state index contributed by atoms with van der Waals surface area (Å²) in [6.45, 7) is 3.78. The molecule has 8 heteroatoms. The van der Waals surface area contributed by atoms with Gasteiger partial charge in [-0.15, -0.1) is 0 Å². The van der Waals surface area contributed by atoms with E-state index in [4.69, 9.17) is 9.72 Å². The van der Waals surface area contributed by atoms with Gasteiger partial charge in [-0.05, 0) is 31.7 Å². The molecule has 1 N–H and O–H groups in total. The SMILES string of the molecule is Cc1[nH]nc(-c2ccccc2)c1C(=O)N1CCC2(CC1)OCCc1cnc(N(C)C)nc12. The Labute approximate surface area is 187 Å². The number of carbonyl (C=O) groups excluding carboxylic acids is 1. The van der Waals surface area contributed by atoms with E-state index < -0.39 is 5.60 Å². The molecular formula is C24H28N6O2. The first kappa shape index (κ1) is 20.6. The van der Waals surface area contributed by atoms with Crippen LogP contribution in [-0.2, 0) is 16.8 Å². The van der Waals surface area contributed by atoms with Crippen LogP contribution in [0.25, 0.3) is 11.3 Å². The third-order valence-corrected chi connectivity index (χ3v) is 6.50. The third-order valence-electron chi connectivity index (χ3n) is 6.50. The summed E-state index contributed by atoms with van der Waals surface area (Å²) in [5.74, 6) is 0.700. The fourth-order valence-electron chi connectivity index (χ4n) is 4.72. The van der Waals surface area contributed by atoms with Crippen molar-refractivity contribution in [1.82, 2.24) is 25.1 Å². The molecular weight excluding hydrogens is 404 g/mol. The highest BCUT2D eigenvalue weighted by atomic mass is 16.5. The van der Waals surface area contributed by atoms with Crippen LogP contribution in [0.15, 0.2) is 36.5 Å². The Morgan fingerprint density at radius 1 is 1.19 bits per heavy atom. The Hall–Kier alpha value is -3.26. The minimum Gasteiger partial charge on any atom is -0.368 e. The van der Waals surface area contributed by atoms with Gasteiger partial charge in [0.05, 0.1) is 17.9 Å². The average molecular weight is 433 g/mol. The lowest BCUT2D eigenvalue weighted by Gasteiger charge is -2.44. The molecule has 32 heavy (non-hydrogen) atoms. The number of carbonyl (C=O) groups is 1. The van der Waals surface area contributed by atoms with Gasteiger partial charge in [0, 0.05) is 44.6 Å². The predicted octanol–water partition coefficient (Wildman–Crippen LogP) is 2.95. The Kier molecular flexibility index (Phi) is 5.17. The molecule has 2 aliphatic rings. The molecule has 1 saturated heterocycles. The zero-order valence-corrected chi connectivity index (χ0v) is 18.8. The number of rotatable bonds is 3. The smallest absolute Gasteiger partial charge is 0.257 e. The number of aryl methyl sites for hydroxylation is 1. The Balaban J connectivity index is 1.40. The average Bonchev–Trinajstić information content (AvgIpc) is 3.21. The van der Waals surface area contributed by atoms with E-state index >= 15 is 0 Å². The van der Waals surface area contributed by atoms with Crippen molar-refractivity contribution in [3.05, 3.63) is 59.0 Å². The summed E-state index contributed by atoms with van der Waals surface area (Å²) < 4.78 is 6.34. The second-order valence-corrected chi connectivity index (χ2v) is 8.76. The monoisotopic (exact) mass is 432 g/mol. The molecule has 0 unspecified atom stereocenters. The van der Waals surface area contributed by atoms with Crippen LogP contribution in [0.3, 0.4) is 0 Å². The van der Waals surface area contributed by atoms with Gasteiger partial charge in [0.2, 0.25) is 5.95 Å². The summed E-state index contributed by atoms with van der Waals surface area (Å²) in [6.07, 6.45) is 4.18. The first-order valence-corrected chi connectivity index (χ1v) is 11.1. The molecule has 2 aromatic heterocycles. The van der Waals surface area contributed by atoms with E-state index in [2.05, 4.69) is 15.2 Å². The number of benzene rings is 1. The summed E-state index contributed by atoms with van der Waals surface area (Å²) in [7, 11) is 3.88. The van der Waals surface area contributed by atoms with E-state index in [9.17, 15) is 4.79 Å². The highest BCUT2D eigenvalue weighted by Crippen LogP contribution is 2.41. The summed E-state index contributed by atoms with van der Waals surface area (Å²) in [6, 6.07) is 9.83. The summed E-state index contributed by atoms with van der Waals surface area (Å²) in [5.41, 5.74) is 4.76. The lowest BCUT2D eigenvalue weighted by molar-refractivity contribution is -0.0967. The van der Waals surface area contributed by atoms with Crippen LogP contribution in [0, 0.1) is 6.92 Å². The molecule has 0 radical (unpaired) electrons. The van der Waals surface area contributed by atoms with E-state index in [1.807, 2.05) is 67.3 Å². The topological polar surface area (TPSA) is 87.2 Å². The molecule has 2 aliphatic heterocycles. The van der Waals surface area contributed by atoms with Gasteiger partial charge in [0.1, 0.15) is 11.3 Å². The molecule has 1 spiro atoms. The normalized spacial score (nSPS) is 17.3. The van der Waals surface area contributed by atoms with Crippen molar-refractivity contribution in [2.75, 3.05) is 38.7 Å². The number of piperidine rings is 1. The van der Waals surface area contributed by atoms with Crippen molar-refractivity contribution in [2.45, 2.75) is 31.8 Å². The summed E-state index contributed by atoms with van der Waals surface area (Å²) in [4.78, 5) is 26.7. The zero-order valence-electron chi connectivity index (χ0n) is 18.8. The van der Waals surface area contributed by atoms with Crippen molar-refractivity contribution in [1.29, 1.82) is 0 Å². The predicted molar refractivity (Wildman–Crippen MR) is 122 cm³/mol. The van der Waals surface area contributed by atoms with Crippen molar-refractivity contribution >= 4 is 11.9 Å². The Morgan fingerprint density at radius 3 is 2.66 bits per heavy atom. The van der Waals surface area contributed by atoms with Crippen LogP contribution >= 0.6 is 0 Å². The second-order valence-electron chi connectivity index (χ2n) is 8.76. The number of nitrogens with one attached hydrogen (secondary N) is 1. The first-order valence-electron chi connectivity index (χ1n) is 11.1. The summed E-state index contributed by atoms with van der Waals surface area (Å²) >= 11 is 0. The minimum absolute atomic E-state index is 0.0117. The number of amides is 1. The van der Waals surface area contributed by atoms with Gasteiger partial charge < -0.3 is 14.5 Å². The molecule has 1 aromatic carbocycles. The van der Waals surface area contributed by atoms with Gasteiger partial charge in [-0.3, -0.25) is 9.89 Å². The van der Waals surface area contributed by atoms with E-state index in [0.717, 1.165) is 28.9 Å². The lowest BCUT2D eigenvalue weighted by Crippen LogP contribution is -2.49. The minimum atomic E-state index is -0.453. The third kappa shape index (κ3) is 3.44. The van der Waals surface area contributed by atoms with Gasteiger partial charge in [0.15, 0.2) is 0 Å². The number of H-pyrrole nitrogens is 1. The van der Waals surface area contributed by atoms with Crippen LogP contribution in [0.2, 0.25) is 0 Å². The number of hydrogen-bond donors (Lipinski definition) is 1. The van der Waals surface area contributed by atoms with E-state index in [1.165, 1.54) is 0 Å². The van der Waals surface area contributed by atoms with Gasteiger partial charge in [-0.25, -0.2) is 9.97 Å². The van der Waals surface area contributed by atoms with Crippen LogP contribution in [-0.4, -0.2) is 64.8 Å². The van der Waals surface area contributed by atoms with E-state index in [1.54, 1.807) is 0 Å². The van der Waals surface area contributed by atoms with Crippen LogP contribution < -0.4 is 4.90 Å². The maximum Gasteiger partial charge on any atom is 0.257 e. The number of anilines is 1. The van der Waals surface area contributed by atoms with Gasteiger partial charge in [-0.2, -0.15) is 5.10 Å². The van der Waals surface area contributed by atoms with Crippen molar-refractivity contribution < 1.29 is 9.53 Å². The number of fused-ring (bicyclic) bond motifs is 2. The van der Waals surface area contributed by atoms with E-state index in [0.29, 0.717) is 49.7 Å². The molecule has 3 aromatic rings. The second kappa shape index (κ2) is 8.02. The molecule has 8 nitrogen and oxygen atoms in total. The quantitative estimate of drug-likeness (QED) is 0.685. The van der Waals surface area contributed by atoms with Gasteiger partial charge >= 0.3 is 0 Å². The first-order chi connectivity index (χ1) is 15.5. The molecule has 0 saturated carbocycles. The highest BCUT2D eigenvalue weighted by molar-refractivity contribution is 6.01. The van der Waals surface area contributed by atoms with Crippen molar-refractivity contribution in [3.63, 3.8) is 0 Å². The number of likely N-dealkylation sites (tertiary alicyclic amines) is 1. The van der Waals surface area contributed by atoms with Crippen LogP contribution in [0.4, 0.5) is 5.95 Å². The van der Waals surface area contributed by atoms with Gasteiger partial charge in [0.25, 0.3) is 5.91 Å². The zero-order chi connectivity index (χ0) is 22.3. The number of aromatic nitrogens is 4. The van der Waals surface area contributed by atoms with Gasteiger partial charge in [-0.1, -0.05) is 30.3 Å². The number of aromatic amines is 1. The molecule has 0 aliphatic carbocycles. The molecule has 4 heterocycles. The maximum atomic E-state index is 13.5. The molecule has 5 rings (SSSR count). The molecule has 166 valence electrons. The van der Waals surface area contributed by atoms with E-state index in [-0.39, 0.29) is 5.91 Å². The van der Waals surface area contributed by atoms with Crippen molar-refractivity contribution in [3.8, 4) is 11.3 Å². The number of ether oxygens (including phenoxy) is 1. The van der Waals surface area contributed by atoms with Crippen LogP contribution in [0.5, 0.6) is 0 Å². The largest absolute Gasteiger partial charge is 0.368 e. The Morgan fingerprint density at radius 2 is 1.94 bits per heavy atom. The number of nitrogens with zero attached hydrogens (tertiary/aromatic N) is 5. The fraction of sp³-hybridized carbons (Fsp3) is 0.417. The fourth-order valence-corrected chi connectivity index (χ4v) is 4.72. The number of hydrogen-bond acceptors (Lipinski definition) is 6. The highest BCUT2D eigenvalue weighted by Gasteiger charge is 2.44. The van der Waals surface area contributed by atoms with Crippen molar-refractivity contribution in [2.24, 2.45) is 0 Å². The Bertz CT molecular complexity index is 1130. The maximum absolute atomic E-state index is 13.5.